The van der Waals surface area contributed by atoms with Crippen molar-refractivity contribution in [2.75, 3.05) is 13.7 Å². The van der Waals surface area contributed by atoms with Crippen LogP contribution in [0.4, 0.5) is 13.6 Å². The molecule has 0 bridgehead atoms. The Labute approximate surface area is 132 Å². The first-order valence-corrected chi connectivity index (χ1v) is 7.22. The standard InChI is InChI=1S/C16H18F2N2O3/c1-4-7-20-9(2)13(15(21)23-3)14(19-16(20)22)11-6-5-10(17)8-12(11)18/h5-6,8,14H,4,7H2,1-3H3,(H,19,22)/t14-/m1/s1. The van der Waals surface area contributed by atoms with E-state index in [1.807, 2.05) is 6.92 Å². The second-order valence-corrected chi connectivity index (χ2v) is 5.19. The van der Waals surface area contributed by atoms with Crippen LogP contribution in [0, 0.1) is 11.6 Å². The summed E-state index contributed by atoms with van der Waals surface area (Å²) >= 11 is 0. The summed E-state index contributed by atoms with van der Waals surface area (Å²) in [6, 6.07) is 1.54. The summed E-state index contributed by atoms with van der Waals surface area (Å²) in [5.74, 6) is -2.24. The summed E-state index contributed by atoms with van der Waals surface area (Å²) in [7, 11) is 1.21. The molecule has 0 radical (unpaired) electrons. The van der Waals surface area contributed by atoms with Crippen LogP contribution < -0.4 is 5.32 Å². The quantitative estimate of drug-likeness (QED) is 0.867. The molecule has 1 heterocycles. The van der Waals surface area contributed by atoms with Crippen LogP contribution in [-0.4, -0.2) is 30.6 Å². The minimum Gasteiger partial charge on any atom is -0.466 e. The zero-order valence-corrected chi connectivity index (χ0v) is 13.2. The first-order chi connectivity index (χ1) is 10.9. The lowest BCUT2D eigenvalue weighted by Gasteiger charge is -2.35. The zero-order valence-electron chi connectivity index (χ0n) is 13.2. The van der Waals surface area contributed by atoms with Crippen LogP contribution >= 0.6 is 0 Å². The third-order valence-corrected chi connectivity index (χ3v) is 3.72. The number of ether oxygens (including phenoxy) is 1. The van der Waals surface area contributed by atoms with Gasteiger partial charge < -0.3 is 10.1 Å². The number of carbonyl (C=O) groups is 2. The average molecular weight is 324 g/mol. The van der Waals surface area contributed by atoms with Crippen LogP contribution in [0.15, 0.2) is 29.5 Å². The van der Waals surface area contributed by atoms with Crippen molar-refractivity contribution in [2.24, 2.45) is 0 Å². The lowest BCUT2D eigenvalue weighted by molar-refractivity contribution is -0.136. The van der Waals surface area contributed by atoms with Gasteiger partial charge in [-0.1, -0.05) is 13.0 Å². The largest absolute Gasteiger partial charge is 0.466 e. The summed E-state index contributed by atoms with van der Waals surface area (Å²) in [6.07, 6.45) is 0.689. The highest BCUT2D eigenvalue weighted by molar-refractivity contribution is 5.95. The number of allylic oxidation sites excluding steroid dienone is 1. The van der Waals surface area contributed by atoms with E-state index in [9.17, 15) is 18.4 Å². The third-order valence-electron chi connectivity index (χ3n) is 3.72. The molecule has 2 rings (SSSR count). The highest BCUT2D eigenvalue weighted by atomic mass is 19.1. The lowest BCUT2D eigenvalue weighted by Crippen LogP contribution is -2.48. The van der Waals surface area contributed by atoms with E-state index in [-0.39, 0.29) is 11.1 Å². The first kappa shape index (κ1) is 16.9. The Bertz CT molecular complexity index is 673. The Hall–Kier alpha value is -2.44. The summed E-state index contributed by atoms with van der Waals surface area (Å²) in [4.78, 5) is 25.8. The molecule has 1 aromatic rings. The van der Waals surface area contributed by atoms with Gasteiger partial charge in [0.05, 0.1) is 18.7 Å². The Morgan fingerprint density at radius 3 is 2.65 bits per heavy atom. The number of amides is 2. The fourth-order valence-electron chi connectivity index (χ4n) is 2.62. The molecule has 0 saturated carbocycles. The van der Waals surface area contributed by atoms with Crippen LogP contribution in [-0.2, 0) is 9.53 Å². The number of halogens is 2. The highest BCUT2D eigenvalue weighted by Crippen LogP contribution is 2.32. The van der Waals surface area contributed by atoms with E-state index in [2.05, 4.69) is 5.32 Å². The summed E-state index contributed by atoms with van der Waals surface area (Å²) in [6.45, 7) is 3.91. The number of nitrogens with one attached hydrogen (secondary N) is 1. The minimum atomic E-state index is -1.02. The lowest BCUT2D eigenvalue weighted by atomic mass is 9.94. The second kappa shape index (κ2) is 6.76. The van der Waals surface area contributed by atoms with Crippen molar-refractivity contribution in [1.82, 2.24) is 10.2 Å². The molecule has 0 spiro atoms. The Morgan fingerprint density at radius 2 is 2.09 bits per heavy atom. The molecule has 7 heteroatoms. The van der Waals surface area contributed by atoms with Crippen LogP contribution in [0.3, 0.4) is 0 Å². The van der Waals surface area contributed by atoms with Gasteiger partial charge in [-0.05, 0) is 19.4 Å². The summed E-state index contributed by atoms with van der Waals surface area (Å²) in [5.41, 5.74) is 0.540. The van der Waals surface area contributed by atoms with E-state index in [0.29, 0.717) is 24.7 Å². The molecule has 0 unspecified atom stereocenters. The predicted octanol–water partition coefficient (Wildman–Crippen LogP) is 2.89. The maximum atomic E-state index is 14.1. The SMILES string of the molecule is CCCN1C(=O)N[C@H](c2ccc(F)cc2F)C(C(=O)OC)=C1C. The number of carbonyl (C=O) groups excluding carboxylic acids is 2. The maximum absolute atomic E-state index is 14.1. The molecule has 124 valence electrons. The number of esters is 1. The molecule has 1 aliphatic rings. The van der Waals surface area contributed by atoms with Crippen molar-refractivity contribution in [3.8, 4) is 0 Å². The topological polar surface area (TPSA) is 58.6 Å². The minimum absolute atomic E-state index is 0.00986. The van der Waals surface area contributed by atoms with Gasteiger partial charge in [-0.25, -0.2) is 18.4 Å². The Morgan fingerprint density at radius 1 is 1.39 bits per heavy atom. The van der Waals surface area contributed by atoms with Crippen LogP contribution in [0.2, 0.25) is 0 Å². The smallest absolute Gasteiger partial charge is 0.337 e. The summed E-state index contributed by atoms with van der Waals surface area (Å²) < 4.78 is 32.0. The molecule has 1 aromatic carbocycles. The molecule has 1 aliphatic heterocycles. The average Bonchev–Trinajstić information content (AvgIpc) is 2.50. The number of methoxy groups -OCH3 is 1. The van der Waals surface area contributed by atoms with Gasteiger partial charge >= 0.3 is 12.0 Å². The maximum Gasteiger partial charge on any atom is 0.337 e. The summed E-state index contributed by atoms with van der Waals surface area (Å²) in [5, 5.41) is 2.59. The fourth-order valence-corrected chi connectivity index (χ4v) is 2.62. The molecule has 23 heavy (non-hydrogen) atoms. The van der Waals surface area contributed by atoms with Crippen molar-refractivity contribution < 1.29 is 23.1 Å². The molecule has 0 fully saturated rings. The molecular formula is C16H18F2N2O3. The van der Waals surface area contributed by atoms with E-state index in [4.69, 9.17) is 4.74 Å². The first-order valence-electron chi connectivity index (χ1n) is 7.22. The fraction of sp³-hybridized carbons (Fsp3) is 0.375. The van der Waals surface area contributed by atoms with Gasteiger partial charge in [-0.2, -0.15) is 0 Å². The second-order valence-electron chi connectivity index (χ2n) is 5.19. The van der Waals surface area contributed by atoms with Gasteiger partial charge in [0.1, 0.15) is 11.6 Å². The molecule has 0 aliphatic carbocycles. The Kier molecular flexibility index (Phi) is 4.98. The normalized spacial score (nSPS) is 18.0. The monoisotopic (exact) mass is 324 g/mol. The molecular weight excluding hydrogens is 306 g/mol. The van der Waals surface area contributed by atoms with Gasteiger partial charge in [0, 0.05) is 23.9 Å². The number of rotatable bonds is 4. The van der Waals surface area contributed by atoms with Crippen LogP contribution in [0.25, 0.3) is 0 Å². The molecule has 0 aromatic heterocycles. The van der Waals surface area contributed by atoms with Crippen molar-refractivity contribution in [3.05, 3.63) is 46.7 Å². The van der Waals surface area contributed by atoms with Crippen molar-refractivity contribution in [1.29, 1.82) is 0 Å². The highest BCUT2D eigenvalue weighted by Gasteiger charge is 2.37. The third kappa shape index (κ3) is 3.18. The molecule has 5 nitrogen and oxygen atoms in total. The zero-order chi connectivity index (χ0) is 17.1. The Balaban J connectivity index is 2.57. The number of benzene rings is 1. The van der Waals surface area contributed by atoms with Crippen molar-refractivity contribution in [2.45, 2.75) is 26.3 Å². The number of hydrogen-bond acceptors (Lipinski definition) is 3. The van der Waals surface area contributed by atoms with Gasteiger partial charge in [-0.15, -0.1) is 0 Å². The molecule has 1 N–H and O–H groups in total. The number of urea groups is 1. The number of hydrogen-bond donors (Lipinski definition) is 1. The van der Waals surface area contributed by atoms with Crippen molar-refractivity contribution >= 4 is 12.0 Å². The van der Waals surface area contributed by atoms with Crippen molar-refractivity contribution in [3.63, 3.8) is 0 Å². The van der Waals surface area contributed by atoms with E-state index in [0.717, 1.165) is 6.07 Å². The molecule has 2 amide bonds. The van der Waals surface area contributed by atoms with Crippen LogP contribution in [0.5, 0.6) is 0 Å². The van der Waals surface area contributed by atoms with E-state index < -0.39 is 29.7 Å². The van der Waals surface area contributed by atoms with Gasteiger partial charge in [0.15, 0.2) is 0 Å². The molecule has 0 saturated heterocycles. The molecule has 1 atom stereocenters. The van der Waals surface area contributed by atoms with Gasteiger partial charge in [-0.3, -0.25) is 4.90 Å². The van der Waals surface area contributed by atoms with E-state index >= 15 is 0 Å². The van der Waals surface area contributed by atoms with E-state index in [1.54, 1.807) is 6.92 Å². The number of nitrogens with zero attached hydrogens (tertiary/aromatic N) is 1. The predicted molar refractivity (Wildman–Crippen MR) is 79.3 cm³/mol. The van der Waals surface area contributed by atoms with Gasteiger partial charge in [0.25, 0.3) is 0 Å². The van der Waals surface area contributed by atoms with Gasteiger partial charge in [0.2, 0.25) is 0 Å². The van der Waals surface area contributed by atoms with Crippen LogP contribution in [0.1, 0.15) is 31.9 Å². The van der Waals surface area contributed by atoms with E-state index in [1.165, 1.54) is 18.1 Å².